The minimum absolute atomic E-state index is 0.0224. The molecule has 0 saturated carbocycles. The van der Waals surface area contributed by atoms with Crippen LogP contribution in [-0.2, 0) is 24.3 Å². The Morgan fingerprint density at radius 2 is 1.69 bits per heavy atom. The second kappa shape index (κ2) is 9.74. The zero-order chi connectivity index (χ0) is 22.7. The number of carbonyl (C=O) groups is 2. The van der Waals surface area contributed by atoms with Gasteiger partial charge in [0.05, 0.1) is 30.8 Å². The van der Waals surface area contributed by atoms with Gasteiger partial charge in [-0.15, -0.1) is 0 Å². The molecular weight excluding hydrogens is 438 g/mol. The molecule has 0 aromatic heterocycles. The number of piperazine rings is 1. The highest BCUT2D eigenvalue weighted by atomic mass is 32.2. The summed E-state index contributed by atoms with van der Waals surface area (Å²) in [6, 6.07) is 4.35. The Morgan fingerprint density at radius 3 is 2.31 bits per heavy atom. The number of amides is 2. The van der Waals surface area contributed by atoms with E-state index >= 15 is 0 Å². The van der Waals surface area contributed by atoms with Crippen molar-refractivity contribution in [3.05, 3.63) is 23.8 Å². The fraction of sp³-hybridized carbons (Fsp3) is 0.619. The standard InChI is InChI=1S/C21H29N3O7S/c1-29-18-5-4-16(32(27,28)24-10-13-30-14-11-24)15-17(18)20(25)22-6-8-23(9-7-22)21(26)19-3-2-12-31-19/h4-5,15,19H,2-3,6-14H2,1H3. The molecule has 10 nitrogen and oxygen atoms in total. The van der Waals surface area contributed by atoms with Gasteiger partial charge in [0.25, 0.3) is 11.8 Å². The lowest BCUT2D eigenvalue weighted by Crippen LogP contribution is -2.52. The normalized spacial score (nSPS) is 22.7. The molecule has 0 aliphatic carbocycles. The number of sulfonamides is 1. The van der Waals surface area contributed by atoms with Crippen molar-refractivity contribution in [2.75, 3.05) is 66.2 Å². The second-order valence-corrected chi connectivity index (χ2v) is 9.94. The third kappa shape index (κ3) is 4.61. The van der Waals surface area contributed by atoms with Crippen molar-refractivity contribution >= 4 is 21.8 Å². The van der Waals surface area contributed by atoms with Crippen molar-refractivity contribution in [1.82, 2.24) is 14.1 Å². The Hall–Kier alpha value is -2.21. The van der Waals surface area contributed by atoms with E-state index in [2.05, 4.69) is 0 Å². The van der Waals surface area contributed by atoms with Crippen LogP contribution >= 0.6 is 0 Å². The Kier molecular flexibility index (Phi) is 6.99. The molecule has 1 atom stereocenters. The van der Waals surface area contributed by atoms with Gasteiger partial charge in [-0.05, 0) is 31.0 Å². The maximum Gasteiger partial charge on any atom is 0.257 e. The summed E-state index contributed by atoms with van der Waals surface area (Å²) in [5.41, 5.74) is 0.195. The molecule has 4 rings (SSSR count). The summed E-state index contributed by atoms with van der Waals surface area (Å²) >= 11 is 0. The second-order valence-electron chi connectivity index (χ2n) is 8.00. The predicted molar refractivity (Wildman–Crippen MR) is 114 cm³/mol. The van der Waals surface area contributed by atoms with Gasteiger partial charge < -0.3 is 24.0 Å². The molecule has 1 aromatic carbocycles. The largest absolute Gasteiger partial charge is 0.496 e. The zero-order valence-electron chi connectivity index (χ0n) is 18.2. The third-order valence-corrected chi connectivity index (χ3v) is 7.99. The predicted octanol–water partition coefficient (Wildman–Crippen LogP) is 0.180. The van der Waals surface area contributed by atoms with Crippen molar-refractivity contribution in [3.63, 3.8) is 0 Å². The van der Waals surface area contributed by atoms with Crippen LogP contribution in [0.4, 0.5) is 0 Å². The maximum atomic E-state index is 13.3. The molecule has 3 saturated heterocycles. The number of methoxy groups -OCH3 is 1. The van der Waals surface area contributed by atoms with Crippen molar-refractivity contribution in [2.45, 2.75) is 23.8 Å². The Morgan fingerprint density at radius 1 is 1.00 bits per heavy atom. The summed E-state index contributed by atoms with van der Waals surface area (Å²) in [5, 5.41) is 0. The highest BCUT2D eigenvalue weighted by molar-refractivity contribution is 7.89. The quantitative estimate of drug-likeness (QED) is 0.608. The molecule has 0 N–H and O–H groups in total. The number of hydrogen-bond donors (Lipinski definition) is 0. The smallest absolute Gasteiger partial charge is 0.257 e. The Balaban J connectivity index is 1.48. The molecule has 176 valence electrons. The number of morpholine rings is 1. The highest BCUT2D eigenvalue weighted by Gasteiger charge is 2.33. The molecule has 0 bridgehead atoms. The lowest BCUT2D eigenvalue weighted by atomic mass is 10.1. The van der Waals surface area contributed by atoms with Gasteiger partial charge in [-0.1, -0.05) is 0 Å². The van der Waals surface area contributed by atoms with Crippen molar-refractivity contribution in [1.29, 1.82) is 0 Å². The monoisotopic (exact) mass is 467 g/mol. The number of ether oxygens (including phenoxy) is 3. The van der Waals surface area contributed by atoms with Gasteiger partial charge in [-0.2, -0.15) is 4.31 Å². The van der Waals surface area contributed by atoms with Crippen molar-refractivity contribution in [3.8, 4) is 5.75 Å². The average Bonchev–Trinajstić information content (AvgIpc) is 3.38. The van der Waals surface area contributed by atoms with Crippen LogP contribution < -0.4 is 4.74 Å². The molecule has 0 radical (unpaired) electrons. The summed E-state index contributed by atoms with van der Waals surface area (Å²) in [7, 11) is -2.30. The molecule has 32 heavy (non-hydrogen) atoms. The van der Waals surface area contributed by atoms with Crippen LogP contribution in [-0.4, -0.2) is 107 Å². The van der Waals surface area contributed by atoms with E-state index in [1.54, 1.807) is 9.80 Å². The molecule has 3 aliphatic heterocycles. The minimum Gasteiger partial charge on any atom is -0.496 e. The van der Waals surface area contributed by atoms with Crippen LogP contribution in [0.15, 0.2) is 23.1 Å². The van der Waals surface area contributed by atoms with E-state index in [4.69, 9.17) is 14.2 Å². The topological polar surface area (TPSA) is 106 Å². The molecule has 0 spiro atoms. The number of rotatable bonds is 5. The Bertz CT molecular complexity index is 948. The summed E-state index contributed by atoms with van der Waals surface area (Å²) in [6.07, 6.45) is 1.25. The zero-order valence-corrected chi connectivity index (χ0v) is 19.0. The molecular formula is C21H29N3O7S. The van der Waals surface area contributed by atoms with Crippen LogP contribution in [0.3, 0.4) is 0 Å². The van der Waals surface area contributed by atoms with E-state index in [9.17, 15) is 18.0 Å². The van der Waals surface area contributed by atoms with Crippen LogP contribution in [0.5, 0.6) is 5.75 Å². The summed E-state index contributed by atoms with van der Waals surface area (Å²) in [4.78, 5) is 29.2. The van der Waals surface area contributed by atoms with Gasteiger partial charge in [0, 0.05) is 45.9 Å². The summed E-state index contributed by atoms with van der Waals surface area (Å²) in [5.74, 6) is -0.0235. The first-order valence-electron chi connectivity index (χ1n) is 10.9. The van der Waals surface area contributed by atoms with Gasteiger partial charge in [-0.25, -0.2) is 8.42 Å². The van der Waals surface area contributed by atoms with E-state index in [0.717, 1.165) is 12.8 Å². The molecule has 3 fully saturated rings. The number of benzene rings is 1. The van der Waals surface area contributed by atoms with Crippen LogP contribution in [0.1, 0.15) is 23.2 Å². The first-order chi connectivity index (χ1) is 15.4. The molecule has 1 unspecified atom stereocenters. The fourth-order valence-corrected chi connectivity index (χ4v) is 5.66. The van der Waals surface area contributed by atoms with E-state index in [-0.39, 0.29) is 41.5 Å². The van der Waals surface area contributed by atoms with Gasteiger partial charge in [0.1, 0.15) is 11.9 Å². The summed E-state index contributed by atoms with van der Waals surface area (Å²) in [6.45, 7) is 3.40. The molecule has 1 aromatic rings. The van der Waals surface area contributed by atoms with Gasteiger partial charge in [0.2, 0.25) is 10.0 Å². The SMILES string of the molecule is COc1ccc(S(=O)(=O)N2CCOCC2)cc1C(=O)N1CCN(C(=O)C2CCCO2)CC1. The minimum atomic E-state index is -3.74. The Labute approximate surface area is 188 Å². The lowest BCUT2D eigenvalue weighted by molar-refractivity contribution is -0.142. The van der Waals surface area contributed by atoms with E-state index < -0.39 is 10.0 Å². The van der Waals surface area contributed by atoms with Gasteiger partial charge in [-0.3, -0.25) is 9.59 Å². The highest BCUT2D eigenvalue weighted by Crippen LogP contribution is 2.27. The number of carbonyl (C=O) groups excluding carboxylic acids is 2. The van der Waals surface area contributed by atoms with Gasteiger partial charge in [0.15, 0.2) is 0 Å². The van der Waals surface area contributed by atoms with E-state index in [1.165, 1.54) is 29.6 Å². The van der Waals surface area contributed by atoms with E-state index in [0.29, 0.717) is 51.7 Å². The molecule has 11 heteroatoms. The maximum absolute atomic E-state index is 13.3. The molecule has 3 aliphatic rings. The summed E-state index contributed by atoms with van der Waals surface area (Å²) < 4.78 is 43.5. The van der Waals surface area contributed by atoms with Crippen LogP contribution in [0.2, 0.25) is 0 Å². The van der Waals surface area contributed by atoms with Crippen molar-refractivity contribution in [2.24, 2.45) is 0 Å². The third-order valence-electron chi connectivity index (χ3n) is 6.09. The number of hydrogen-bond acceptors (Lipinski definition) is 7. The lowest BCUT2D eigenvalue weighted by Gasteiger charge is -2.36. The fourth-order valence-electron chi connectivity index (χ4n) is 4.23. The van der Waals surface area contributed by atoms with Crippen LogP contribution in [0.25, 0.3) is 0 Å². The van der Waals surface area contributed by atoms with Crippen LogP contribution in [0, 0.1) is 0 Å². The average molecular weight is 468 g/mol. The number of nitrogens with zero attached hydrogens (tertiary/aromatic N) is 3. The van der Waals surface area contributed by atoms with E-state index in [1.807, 2.05) is 0 Å². The first-order valence-corrected chi connectivity index (χ1v) is 12.3. The molecule has 3 heterocycles. The molecule has 2 amide bonds. The van der Waals surface area contributed by atoms with Gasteiger partial charge >= 0.3 is 0 Å². The van der Waals surface area contributed by atoms with Crippen molar-refractivity contribution < 1.29 is 32.2 Å². The first kappa shape index (κ1) is 23.0.